The van der Waals surface area contributed by atoms with Crippen LogP contribution in [0.15, 0.2) is 109 Å². The lowest BCUT2D eigenvalue weighted by Crippen LogP contribution is -2.42. The zero-order valence-corrected chi connectivity index (χ0v) is 25.4. The Morgan fingerprint density at radius 1 is 0.718 bits per heavy atom. The lowest BCUT2D eigenvalue weighted by atomic mass is 9.78. The van der Waals surface area contributed by atoms with Crippen LogP contribution in [0, 0.1) is 6.66 Å². The molecule has 2 aliphatic heterocycles. The molecule has 200 valence electrons. The van der Waals surface area contributed by atoms with E-state index >= 15 is 0 Å². The molecule has 0 unspecified atom stereocenters. The predicted molar refractivity (Wildman–Crippen MR) is 173 cm³/mol. The van der Waals surface area contributed by atoms with Crippen LogP contribution < -0.4 is 10.6 Å². The molecule has 1 fully saturated rings. The molecular weight excluding hydrogens is 508 g/mol. The van der Waals surface area contributed by atoms with Gasteiger partial charge in [-0.15, -0.1) is 0 Å². The molecule has 0 spiro atoms. The van der Waals surface area contributed by atoms with Crippen LogP contribution in [0.25, 0.3) is 0 Å². The fourth-order valence-corrected chi connectivity index (χ4v) is 16.7. The highest BCUT2D eigenvalue weighted by Gasteiger charge is 2.56. The average molecular weight is 550 g/mol. The van der Waals surface area contributed by atoms with Crippen molar-refractivity contribution in [2.24, 2.45) is 0 Å². The third-order valence-electron chi connectivity index (χ3n) is 9.15. The molecule has 4 aromatic carbocycles. The molecule has 39 heavy (non-hydrogen) atoms. The third kappa shape index (κ3) is 4.52. The first-order valence-electron chi connectivity index (χ1n) is 14.6. The van der Waals surface area contributed by atoms with Gasteiger partial charge >= 0.3 is 0 Å². The standard InChI is InChI=1S/C36H41NP2/c1-5-6-27-37(38-32-23-15-13-21-30(32)36(2,3)31-22-14-16-24-33(31)38)39(4)34(28-17-9-7-10-18-28)25-26-35(39)29-19-11-8-12-20-29/h7-24,34-35H,4-6,25-27H2,1-3H3/t34-,35-/m0/s1. The van der Waals surface area contributed by atoms with Gasteiger partial charge in [-0.3, -0.25) is 0 Å². The molecule has 3 heteroatoms. The Balaban J connectivity index is 1.60. The summed E-state index contributed by atoms with van der Waals surface area (Å²) in [5, 5.41) is 3.08. The highest BCUT2D eigenvalue weighted by atomic mass is 31.2. The summed E-state index contributed by atoms with van der Waals surface area (Å²) in [6, 6.07) is 41.4. The number of benzene rings is 4. The van der Waals surface area contributed by atoms with Crippen LogP contribution in [0.5, 0.6) is 0 Å². The summed E-state index contributed by atoms with van der Waals surface area (Å²) in [6.07, 6.45) is 4.82. The number of nitrogens with zero attached hydrogens (tertiary/aromatic N) is 1. The molecule has 0 radical (unpaired) electrons. The number of fused-ring (bicyclic) bond motifs is 2. The Morgan fingerprint density at radius 3 is 1.62 bits per heavy atom. The predicted octanol–water partition coefficient (Wildman–Crippen LogP) is 9.78. The van der Waals surface area contributed by atoms with Crippen LogP contribution in [0.1, 0.15) is 80.0 Å². The minimum Gasteiger partial charge on any atom is -0.179 e. The Labute approximate surface area is 237 Å². The SMILES string of the molecule is [CH2-][P+]1(N(CCCC)P2c3ccccc3C(C)(C)c3ccccc32)[C@H](c2ccccc2)CC[C@H]1c1ccccc1. The smallest absolute Gasteiger partial charge is 0.0845 e. The van der Waals surface area contributed by atoms with E-state index in [4.69, 9.17) is 6.66 Å². The Hall–Kier alpha value is -2.30. The van der Waals surface area contributed by atoms with E-state index in [0.717, 1.165) is 6.54 Å². The minimum absolute atomic E-state index is 0.0113. The number of unbranched alkanes of at least 4 members (excludes halogenated alkanes) is 1. The van der Waals surface area contributed by atoms with Gasteiger partial charge in [0.2, 0.25) is 0 Å². The first-order chi connectivity index (χ1) is 19.0. The van der Waals surface area contributed by atoms with Gasteiger partial charge in [0.1, 0.15) is 0 Å². The summed E-state index contributed by atoms with van der Waals surface area (Å²) < 4.78 is 3.03. The molecule has 0 saturated carbocycles. The van der Waals surface area contributed by atoms with E-state index in [1.165, 1.54) is 47.9 Å². The number of rotatable bonds is 7. The summed E-state index contributed by atoms with van der Waals surface area (Å²) in [5.74, 6) is 0. The van der Waals surface area contributed by atoms with E-state index in [1.807, 2.05) is 0 Å². The summed E-state index contributed by atoms with van der Waals surface area (Å²) in [7, 11) is -2.64. The Bertz CT molecular complexity index is 1320. The fourth-order valence-electron chi connectivity index (χ4n) is 7.15. The number of hydrogen-bond acceptors (Lipinski definition) is 1. The van der Waals surface area contributed by atoms with Crippen molar-refractivity contribution in [3.63, 3.8) is 0 Å². The monoisotopic (exact) mass is 549 g/mol. The maximum atomic E-state index is 5.45. The van der Waals surface area contributed by atoms with Crippen molar-refractivity contribution < 1.29 is 0 Å². The van der Waals surface area contributed by atoms with Crippen molar-refractivity contribution in [1.82, 2.24) is 4.44 Å². The lowest BCUT2D eigenvalue weighted by Gasteiger charge is -2.52. The molecule has 1 nitrogen and oxygen atoms in total. The largest absolute Gasteiger partial charge is 0.179 e. The maximum absolute atomic E-state index is 5.45. The van der Waals surface area contributed by atoms with Crippen molar-refractivity contribution in [2.75, 3.05) is 6.54 Å². The first-order valence-corrected chi connectivity index (χ1v) is 17.9. The molecule has 4 aromatic rings. The molecule has 2 heterocycles. The van der Waals surface area contributed by atoms with Gasteiger partial charge in [-0.1, -0.05) is 136 Å². The van der Waals surface area contributed by atoms with Crippen LogP contribution in [0.4, 0.5) is 0 Å². The lowest BCUT2D eigenvalue weighted by molar-refractivity contribution is 0.616. The van der Waals surface area contributed by atoms with Crippen molar-refractivity contribution in [2.45, 2.75) is 63.2 Å². The summed E-state index contributed by atoms with van der Waals surface area (Å²) >= 11 is 0. The van der Waals surface area contributed by atoms with Gasteiger partial charge < -0.3 is 0 Å². The van der Waals surface area contributed by atoms with E-state index in [0.29, 0.717) is 11.3 Å². The fraction of sp³-hybridized carbons (Fsp3) is 0.306. The quantitative estimate of drug-likeness (QED) is 0.164. The van der Waals surface area contributed by atoms with Crippen LogP contribution in [-0.4, -0.2) is 11.0 Å². The second kappa shape index (κ2) is 10.9. The van der Waals surface area contributed by atoms with Crippen LogP contribution in [0.3, 0.4) is 0 Å². The normalized spacial score (nSPS) is 21.5. The molecular formula is C36H41NP2. The first kappa shape index (κ1) is 26.9. The molecule has 0 amide bonds. The van der Waals surface area contributed by atoms with Crippen molar-refractivity contribution in [1.29, 1.82) is 0 Å². The second-order valence-corrected chi connectivity index (χ2v) is 17.6. The summed E-state index contributed by atoms with van der Waals surface area (Å²) in [5.41, 5.74) is 6.91. The topological polar surface area (TPSA) is 3.24 Å². The van der Waals surface area contributed by atoms with Crippen molar-refractivity contribution in [3.8, 4) is 0 Å². The Kier molecular flexibility index (Phi) is 7.54. The van der Waals surface area contributed by atoms with Gasteiger partial charge in [0.15, 0.2) is 0 Å². The molecule has 0 aromatic heterocycles. The van der Waals surface area contributed by atoms with Crippen molar-refractivity contribution in [3.05, 3.63) is 138 Å². The molecule has 1 saturated heterocycles. The van der Waals surface area contributed by atoms with E-state index < -0.39 is 15.5 Å². The molecule has 2 aliphatic rings. The molecule has 6 rings (SSSR count). The second-order valence-electron chi connectivity index (χ2n) is 11.7. The molecule has 2 atom stereocenters. The molecule has 0 aliphatic carbocycles. The summed E-state index contributed by atoms with van der Waals surface area (Å²) in [6.45, 7) is 13.7. The van der Waals surface area contributed by atoms with Crippen LogP contribution in [0.2, 0.25) is 0 Å². The molecule has 0 N–H and O–H groups in total. The van der Waals surface area contributed by atoms with Gasteiger partial charge in [0.25, 0.3) is 0 Å². The summed E-state index contributed by atoms with van der Waals surface area (Å²) in [4.78, 5) is 0. The van der Waals surface area contributed by atoms with Gasteiger partial charge in [-0.05, 0) is 48.9 Å². The van der Waals surface area contributed by atoms with Gasteiger partial charge in [0.05, 0.1) is 19.4 Å². The van der Waals surface area contributed by atoms with E-state index in [2.05, 4.69) is 134 Å². The van der Waals surface area contributed by atoms with E-state index in [9.17, 15) is 0 Å². The van der Waals surface area contributed by atoms with Gasteiger partial charge in [-0.25, -0.2) is 0 Å². The van der Waals surface area contributed by atoms with E-state index in [1.54, 1.807) is 10.6 Å². The average Bonchev–Trinajstić information content (AvgIpc) is 3.33. The highest BCUT2D eigenvalue weighted by Crippen LogP contribution is 2.89. The van der Waals surface area contributed by atoms with Crippen LogP contribution in [-0.2, 0) is 5.41 Å². The zero-order chi connectivity index (χ0) is 27.0. The Morgan fingerprint density at radius 2 is 1.15 bits per heavy atom. The van der Waals surface area contributed by atoms with Gasteiger partial charge in [-0.2, -0.15) is 11.1 Å². The molecule has 0 bridgehead atoms. The zero-order valence-electron chi connectivity index (χ0n) is 23.6. The maximum Gasteiger partial charge on any atom is 0.0845 e. The highest BCUT2D eigenvalue weighted by molar-refractivity contribution is 7.87. The van der Waals surface area contributed by atoms with E-state index in [-0.39, 0.29) is 5.41 Å². The third-order valence-corrected chi connectivity index (χ3v) is 17.4. The minimum atomic E-state index is -1.93. The number of hydrogen-bond donors (Lipinski definition) is 0. The van der Waals surface area contributed by atoms with Crippen LogP contribution >= 0.6 is 15.5 Å². The van der Waals surface area contributed by atoms with Crippen molar-refractivity contribution >= 4 is 26.1 Å². The van der Waals surface area contributed by atoms with Gasteiger partial charge in [0, 0.05) is 22.6 Å².